The molecule has 23 heavy (non-hydrogen) atoms. The van der Waals surface area contributed by atoms with Gasteiger partial charge in [-0.05, 0) is 68.5 Å². The Bertz CT molecular complexity index is 331. The van der Waals surface area contributed by atoms with Crippen LogP contribution >= 0.6 is 0 Å². The molecule has 2 aliphatic heterocycles. The van der Waals surface area contributed by atoms with Crippen molar-refractivity contribution in [2.24, 2.45) is 29.6 Å². The maximum atomic E-state index is 3.91. The van der Waals surface area contributed by atoms with Crippen molar-refractivity contribution in [1.29, 1.82) is 0 Å². The molecule has 0 aromatic heterocycles. The topological polar surface area (TPSA) is 24.1 Å². The first kappa shape index (κ1) is 17.7. The predicted molar refractivity (Wildman–Crippen MR) is 99.6 cm³/mol. The first-order valence-corrected chi connectivity index (χ1v) is 10.7. The van der Waals surface area contributed by atoms with E-state index in [0.29, 0.717) is 0 Å². The van der Waals surface area contributed by atoms with E-state index in [1.807, 2.05) is 0 Å². The summed E-state index contributed by atoms with van der Waals surface area (Å²) < 4.78 is 0. The van der Waals surface area contributed by atoms with E-state index in [9.17, 15) is 0 Å². The Hall–Kier alpha value is -0.0800. The Labute approximate surface area is 144 Å². The summed E-state index contributed by atoms with van der Waals surface area (Å²) in [6.07, 6.45) is 14.6. The standard InChI is InChI=1S/C21H40N2/c1-3-7-21(18-10-11-22-14-18)16(2)12-20-13-19(15-23-20)17-8-5-4-6-9-17/h16-23H,3-15H2,1-2H3. The van der Waals surface area contributed by atoms with E-state index in [-0.39, 0.29) is 0 Å². The summed E-state index contributed by atoms with van der Waals surface area (Å²) in [6, 6.07) is 0.811. The van der Waals surface area contributed by atoms with Crippen LogP contribution in [0, 0.1) is 29.6 Å². The molecule has 5 atom stereocenters. The zero-order chi connectivity index (χ0) is 16.1. The Morgan fingerprint density at radius 2 is 1.83 bits per heavy atom. The molecule has 0 bridgehead atoms. The van der Waals surface area contributed by atoms with Crippen LogP contribution in [0.25, 0.3) is 0 Å². The molecule has 2 heteroatoms. The molecule has 0 spiro atoms. The van der Waals surface area contributed by atoms with E-state index in [2.05, 4.69) is 24.5 Å². The summed E-state index contributed by atoms with van der Waals surface area (Å²) >= 11 is 0. The summed E-state index contributed by atoms with van der Waals surface area (Å²) in [5.41, 5.74) is 0. The molecule has 3 rings (SSSR count). The average molecular weight is 321 g/mol. The van der Waals surface area contributed by atoms with Crippen LogP contribution in [0.5, 0.6) is 0 Å². The van der Waals surface area contributed by atoms with Crippen molar-refractivity contribution < 1.29 is 0 Å². The number of hydrogen-bond acceptors (Lipinski definition) is 2. The second kappa shape index (κ2) is 8.85. The maximum Gasteiger partial charge on any atom is 0.00730 e. The Balaban J connectivity index is 1.47. The largest absolute Gasteiger partial charge is 0.316 e. The van der Waals surface area contributed by atoms with Gasteiger partial charge in [0.2, 0.25) is 0 Å². The molecule has 5 unspecified atom stereocenters. The molecule has 2 N–H and O–H groups in total. The second-order valence-corrected chi connectivity index (χ2v) is 8.92. The van der Waals surface area contributed by atoms with Gasteiger partial charge >= 0.3 is 0 Å². The highest BCUT2D eigenvalue weighted by Crippen LogP contribution is 2.38. The smallest absolute Gasteiger partial charge is 0.00730 e. The molecule has 0 aromatic carbocycles. The van der Waals surface area contributed by atoms with Crippen molar-refractivity contribution in [3.63, 3.8) is 0 Å². The van der Waals surface area contributed by atoms with Gasteiger partial charge in [-0.3, -0.25) is 0 Å². The van der Waals surface area contributed by atoms with E-state index >= 15 is 0 Å². The van der Waals surface area contributed by atoms with E-state index < -0.39 is 0 Å². The Kier molecular flexibility index (Phi) is 6.83. The van der Waals surface area contributed by atoms with Gasteiger partial charge in [0.1, 0.15) is 0 Å². The third kappa shape index (κ3) is 4.72. The molecule has 0 radical (unpaired) electrons. The molecule has 134 valence electrons. The normalized spacial score (nSPS) is 35.5. The highest BCUT2D eigenvalue weighted by atomic mass is 15.0. The number of hydrogen-bond donors (Lipinski definition) is 2. The van der Waals surface area contributed by atoms with Gasteiger partial charge < -0.3 is 10.6 Å². The fraction of sp³-hybridized carbons (Fsp3) is 1.00. The molecule has 2 heterocycles. The summed E-state index contributed by atoms with van der Waals surface area (Å²) in [7, 11) is 0. The van der Waals surface area contributed by atoms with Crippen LogP contribution in [0.2, 0.25) is 0 Å². The van der Waals surface area contributed by atoms with Gasteiger partial charge in [0.05, 0.1) is 0 Å². The molecule has 1 aliphatic carbocycles. The van der Waals surface area contributed by atoms with Crippen molar-refractivity contribution >= 4 is 0 Å². The summed E-state index contributed by atoms with van der Waals surface area (Å²) in [4.78, 5) is 0. The van der Waals surface area contributed by atoms with E-state index in [1.54, 1.807) is 0 Å². The summed E-state index contributed by atoms with van der Waals surface area (Å²) in [5.74, 6) is 4.82. The van der Waals surface area contributed by atoms with Crippen LogP contribution in [0.1, 0.15) is 78.1 Å². The van der Waals surface area contributed by atoms with Crippen molar-refractivity contribution in [3.05, 3.63) is 0 Å². The van der Waals surface area contributed by atoms with E-state index in [1.165, 1.54) is 83.8 Å². The van der Waals surface area contributed by atoms with E-state index in [4.69, 9.17) is 0 Å². The minimum Gasteiger partial charge on any atom is -0.316 e. The summed E-state index contributed by atoms with van der Waals surface area (Å²) in [6.45, 7) is 8.76. The van der Waals surface area contributed by atoms with Crippen molar-refractivity contribution in [2.45, 2.75) is 84.1 Å². The maximum absolute atomic E-state index is 3.91. The number of nitrogens with one attached hydrogen (secondary N) is 2. The molecule has 2 saturated heterocycles. The third-order valence-electron chi connectivity index (χ3n) is 7.29. The molecule has 1 saturated carbocycles. The second-order valence-electron chi connectivity index (χ2n) is 8.92. The van der Waals surface area contributed by atoms with Gasteiger partial charge in [0, 0.05) is 6.04 Å². The molecular weight excluding hydrogens is 280 g/mol. The van der Waals surface area contributed by atoms with Crippen LogP contribution in [-0.2, 0) is 0 Å². The van der Waals surface area contributed by atoms with Gasteiger partial charge in [-0.25, -0.2) is 0 Å². The highest BCUT2D eigenvalue weighted by molar-refractivity contribution is 4.90. The molecular formula is C21H40N2. The zero-order valence-corrected chi connectivity index (χ0v) is 15.7. The Morgan fingerprint density at radius 3 is 2.52 bits per heavy atom. The average Bonchev–Trinajstić information content (AvgIpc) is 3.25. The van der Waals surface area contributed by atoms with Crippen molar-refractivity contribution in [3.8, 4) is 0 Å². The quantitative estimate of drug-likeness (QED) is 0.716. The lowest BCUT2D eigenvalue weighted by molar-refractivity contribution is 0.208. The fourth-order valence-electron chi connectivity index (χ4n) is 5.98. The van der Waals surface area contributed by atoms with Crippen molar-refractivity contribution in [2.75, 3.05) is 19.6 Å². The number of rotatable bonds is 7. The molecule has 3 aliphatic rings. The Morgan fingerprint density at radius 1 is 1.00 bits per heavy atom. The molecule has 3 fully saturated rings. The van der Waals surface area contributed by atoms with Gasteiger partial charge in [-0.15, -0.1) is 0 Å². The first-order valence-electron chi connectivity index (χ1n) is 10.7. The van der Waals surface area contributed by atoms with Crippen LogP contribution < -0.4 is 10.6 Å². The minimum absolute atomic E-state index is 0.811. The van der Waals surface area contributed by atoms with Crippen LogP contribution in [-0.4, -0.2) is 25.7 Å². The van der Waals surface area contributed by atoms with Crippen LogP contribution in [0.4, 0.5) is 0 Å². The van der Waals surface area contributed by atoms with Crippen molar-refractivity contribution in [1.82, 2.24) is 10.6 Å². The molecule has 0 aromatic rings. The lowest BCUT2D eigenvalue weighted by Crippen LogP contribution is -2.30. The lowest BCUT2D eigenvalue weighted by atomic mass is 9.75. The fourth-order valence-corrected chi connectivity index (χ4v) is 5.98. The predicted octanol–water partition coefficient (Wildman–Crippen LogP) is 4.60. The monoisotopic (exact) mass is 320 g/mol. The van der Waals surface area contributed by atoms with Gasteiger partial charge in [0.15, 0.2) is 0 Å². The SMILES string of the molecule is CCCC(C(C)CC1CC(C2CCCCC2)CN1)C1CCNC1. The lowest BCUT2D eigenvalue weighted by Gasteiger charge is -2.31. The summed E-state index contributed by atoms with van der Waals surface area (Å²) in [5, 5.41) is 7.50. The third-order valence-corrected chi connectivity index (χ3v) is 7.29. The van der Waals surface area contributed by atoms with Gasteiger partial charge in [-0.2, -0.15) is 0 Å². The van der Waals surface area contributed by atoms with E-state index in [0.717, 1.165) is 35.6 Å². The van der Waals surface area contributed by atoms with Crippen LogP contribution in [0.3, 0.4) is 0 Å². The highest BCUT2D eigenvalue weighted by Gasteiger charge is 2.34. The first-order chi connectivity index (χ1) is 11.3. The van der Waals surface area contributed by atoms with Gasteiger partial charge in [0.25, 0.3) is 0 Å². The van der Waals surface area contributed by atoms with Gasteiger partial charge in [-0.1, -0.05) is 58.8 Å². The van der Waals surface area contributed by atoms with Crippen LogP contribution in [0.15, 0.2) is 0 Å². The minimum atomic E-state index is 0.811. The zero-order valence-electron chi connectivity index (χ0n) is 15.7. The molecule has 2 nitrogen and oxygen atoms in total. The molecule has 0 amide bonds.